The minimum Gasteiger partial charge on any atom is -1.00 e. The lowest BCUT2D eigenvalue weighted by Crippen LogP contribution is -3.00. The van der Waals surface area contributed by atoms with Crippen LogP contribution in [0.25, 0.3) is 5.70 Å². The van der Waals surface area contributed by atoms with Crippen LogP contribution in [0.1, 0.15) is 41.4 Å². The quantitative estimate of drug-likeness (QED) is 0.340. The van der Waals surface area contributed by atoms with Crippen LogP contribution in [0.15, 0.2) is 100 Å². The maximum Gasteiger partial charge on any atom is 0.338 e. The Morgan fingerprint density at radius 2 is 1.60 bits per heavy atom. The number of amidine groups is 1. The van der Waals surface area contributed by atoms with E-state index < -0.39 is 29.8 Å². The van der Waals surface area contributed by atoms with Crippen LogP contribution in [0, 0.1) is 0 Å². The molecule has 0 aliphatic carbocycles. The van der Waals surface area contributed by atoms with Crippen molar-refractivity contribution in [3.05, 3.63) is 112 Å². The van der Waals surface area contributed by atoms with E-state index in [9.17, 15) is 19.2 Å². The summed E-state index contributed by atoms with van der Waals surface area (Å²) in [7, 11) is 1.53. The molecule has 2 amide bonds. The lowest BCUT2D eigenvalue weighted by Gasteiger charge is -2.38. The Balaban J connectivity index is 0.00000461. The van der Waals surface area contributed by atoms with Gasteiger partial charge in [0, 0.05) is 17.3 Å². The number of thioether (sulfide) groups is 1. The predicted octanol–water partition coefficient (Wildman–Crippen LogP) is 2.36. The van der Waals surface area contributed by atoms with Crippen molar-refractivity contribution in [2.24, 2.45) is 4.99 Å². The van der Waals surface area contributed by atoms with E-state index in [0.29, 0.717) is 33.8 Å². The van der Waals surface area contributed by atoms with E-state index in [4.69, 9.17) is 19.2 Å². The van der Waals surface area contributed by atoms with Crippen molar-refractivity contribution in [1.82, 2.24) is 4.90 Å². The molecule has 12 heteroatoms. The Morgan fingerprint density at radius 1 is 0.911 bits per heavy atom. The van der Waals surface area contributed by atoms with Crippen molar-refractivity contribution < 1.29 is 50.4 Å². The summed E-state index contributed by atoms with van der Waals surface area (Å²) < 4.78 is 15.9. The molecule has 1 unspecified atom stereocenters. The van der Waals surface area contributed by atoms with Crippen LogP contribution in [-0.2, 0) is 23.9 Å². The van der Waals surface area contributed by atoms with Gasteiger partial charge in [-0.15, -0.1) is 0 Å². The summed E-state index contributed by atoms with van der Waals surface area (Å²) in [6.45, 7) is 3.80. The standard InChI is InChI=1S/C33H29N3O7S.BrH/c1-4-42-31(39)21-14-16-23(17-15-21)34-30(38)25-19-26(37)36-29(22-12-9-13-24(18-22)41-3)27(32(40)43-5-2)28(35-33(36)44-25)20-10-7-6-8-11-20;/h6-19,29H,4-5H2,1-3H3,(H,34,38);1H/p-1. The van der Waals surface area contributed by atoms with Crippen molar-refractivity contribution in [1.29, 1.82) is 0 Å². The van der Waals surface area contributed by atoms with Crippen LogP contribution in [0.4, 0.5) is 5.69 Å². The number of aliphatic imine (C=N–C) groups is 1. The van der Waals surface area contributed by atoms with Crippen LogP contribution < -0.4 is 27.0 Å². The minimum atomic E-state index is -0.914. The number of carbonyl (C=O) groups excluding carboxylic acids is 4. The number of nitrogens with one attached hydrogen (secondary N) is 1. The molecule has 45 heavy (non-hydrogen) atoms. The molecule has 232 valence electrons. The second-order valence-corrected chi connectivity index (χ2v) is 10.5. The molecule has 0 fully saturated rings. The first-order valence-corrected chi connectivity index (χ1v) is 14.7. The zero-order valence-electron chi connectivity index (χ0n) is 24.6. The first-order valence-electron chi connectivity index (χ1n) is 13.8. The van der Waals surface area contributed by atoms with Crippen LogP contribution in [-0.4, -0.2) is 54.1 Å². The van der Waals surface area contributed by atoms with Gasteiger partial charge in [0.15, 0.2) is 5.17 Å². The number of ether oxygens (including phenoxy) is 3. The molecule has 0 radical (unpaired) electrons. The van der Waals surface area contributed by atoms with Gasteiger partial charge in [0.05, 0.1) is 48.1 Å². The summed E-state index contributed by atoms with van der Waals surface area (Å²) in [5.41, 5.74) is 2.54. The van der Waals surface area contributed by atoms with E-state index in [1.807, 2.05) is 30.3 Å². The molecule has 0 spiro atoms. The number of methoxy groups -OCH3 is 1. The van der Waals surface area contributed by atoms with E-state index in [-0.39, 0.29) is 45.8 Å². The lowest BCUT2D eigenvalue weighted by molar-refractivity contribution is -0.139. The van der Waals surface area contributed by atoms with Crippen molar-refractivity contribution in [3.63, 3.8) is 0 Å². The normalized spacial score (nSPS) is 15.6. The molecule has 2 aliphatic rings. The molecule has 0 bridgehead atoms. The SMILES string of the molecule is CCOC(=O)C1=C(c2ccccc2)N=C2SC(C(=O)Nc3ccc(C(=O)OCC)cc3)=CC(=O)N2C1c1cccc(OC)c1.[Br-]. The summed E-state index contributed by atoms with van der Waals surface area (Å²) in [4.78, 5) is 58.9. The van der Waals surface area contributed by atoms with Gasteiger partial charge in [-0.3, -0.25) is 14.5 Å². The van der Waals surface area contributed by atoms with Crippen LogP contribution in [0.2, 0.25) is 0 Å². The number of hydrogen-bond donors (Lipinski definition) is 1. The molecule has 0 saturated carbocycles. The highest BCUT2D eigenvalue weighted by molar-refractivity contribution is 8.18. The maximum atomic E-state index is 13.8. The molecule has 5 rings (SSSR count). The Morgan fingerprint density at radius 3 is 2.27 bits per heavy atom. The third-order valence-electron chi connectivity index (χ3n) is 6.72. The number of esters is 2. The van der Waals surface area contributed by atoms with Gasteiger partial charge < -0.3 is 36.5 Å². The molecular weight excluding hydrogens is 662 g/mol. The van der Waals surface area contributed by atoms with Crippen LogP contribution in [0.5, 0.6) is 5.75 Å². The predicted molar refractivity (Wildman–Crippen MR) is 167 cm³/mol. The highest BCUT2D eigenvalue weighted by Crippen LogP contribution is 2.45. The van der Waals surface area contributed by atoms with Gasteiger partial charge in [-0.25, -0.2) is 14.6 Å². The van der Waals surface area contributed by atoms with E-state index in [1.165, 1.54) is 18.1 Å². The smallest absolute Gasteiger partial charge is 0.338 e. The number of hydrogen-bond acceptors (Lipinski definition) is 9. The number of benzene rings is 3. The Labute approximate surface area is 274 Å². The average Bonchev–Trinajstić information content (AvgIpc) is 3.04. The zero-order chi connectivity index (χ0) is 31.2. The monoisotopic (exact) mass is 690 g/mol. The molecule has 0 saturated heterocycles. The van der Waals surface area contributed by atoms with Crippen molar-refractivity contribution in [3.8, 4) is 5.75 Å². The summed E-state index contributed by atoms with van der Waals surface area (Å²) >= 11 is 1.01. The molecule has 3 aromatic carbocycles. The second kappa shape index (κ2) is 14.9. The van der Waals surface area contributed by atoms with Gasteiger partial charge in [-0.2, -0.15) is 0 Å². The second-order valence-electron chi connectivity index (χ2n) is 9.49. The number of rotatable bonds is 9. The molecule has 1 N–H and O–H groups in total. The molecule has 3 aromatic rings. The van der Waals surface area contributed by atoms with Crippen molar-refractivity contribution >= 4 is 52.1 Å². The fraction of sp³-hybridized carbons (Fsp3) is 0.182. The van der Waals surface area contributed by atoms with E-state index >= 15 is 0 Å². The lowest BCUT2D eigenvalue weighted by atomic mass is 9.91. The summed E-state index contributed by atoms with van der Waals surface area (Å²) in [5.74, 6) is -1.61. The molecule has 0 aromatic heterocycles. The number of halogens is 1. The highest BCUT2D eigenvalue weighted by Gasteiger charge is 2.44. The van der Waals surface area contributed by atoms with Gasteiger partial charge in [0.25, 0.3) is 11.8 Å². The van der Waals surface area contributed by atoms with Gasteiger partial charge >= 0.3 is 11.9 Å². The molecule has 1 atom stereocenters. The van der Waals surface area contributed by atoms with Gasteiger partial charge in [0.2, 0.25) is 0 Å². The largest absolute Gasteiger partial charge is 1.00 e. The van der Waals surface area contributed by atoms with Crippen LogP contribution >= 0.6 is 11.8 Å². The Kier molecular flexibility index (Phi) is 11.0. The average molecular weight is 692 g/mol. The molecule has 2 aliphatic heterocycles. The number of fused-ring (bicyclic) bond motifs is 1. The van der Waals surface area contributed by atoms with Gasteiger partial charge in [0.1, 0.15) is 5.75 Å². The number of amides is 2. The van der Waals surface area contributed by atoms with Gasteiger partial charge in [-0.05, 0) is 67.6 Å². The first-order chi connectivity index (χ1) is 21.3. The van der Waals surface area contributed by atoms with Crippen molar-refractivity contribution in [2.75, 3.05) is 25.6 Å². The minimum absolute atomic E-state index is 0. The fourth-order valence-corrected chi connectivity index (χ4v) is 5.68. The summed E-state index contributed by atoms with van der Waals surface area (Å²) in [6.07, 6.45) is 1.22. The highest BCUT2D eigenvalue weighted by atomic mass is 79.9. The molecular formula is C33H29BrN3O7S-. The first kappa shape index (κ1) is 33.2. The maximum absolute atomic E-state index is 13.8. The molecule has 10 nitrogen and oxygen atoms in total. The number of carbonyl (C=O) groups is 4. The van der Waals surface area contributed by atoms with Crippen LogP contribution in [0.3, 0.4) is 0 Å². The Hall–Kier alpha value is -4.68. The van der Waals surface area contributed by atoms with E-state index in [0.717, 1.165) is 11.8 Å². The number of anilines is 1. The van der Waals surface area contributed by atoms with Crippen molar-refractivity contribution in [2.45, 2.75) is 19.9 Å². The fourth-order valence-electron chi connectivity index (χ4n) is 4.75. The topological polar surface area (TPSA) is 124 Å². The van der Waals surface area contributed by atoms with Gasteiger partial charge in [-0.1, -0.05) is 42.5 Å². The van der Waals surface area contributed by atoms with E-state index in [1.54, 1.807) is 62.4 Å². The summed E-state index contributed by atoms with van der Waals surface area (Å²) in [6, 6.07) is 21.5. The number of nitrogens with zero attached hydrogens (tertiary/aromatic N) is 2. The third kappa shape index (κ3) is 7.18. The summed E-state index contributed by atoms with van der Waals surface area (Å²) in [5, 5.41) is 2.98. The zero-order valence-corrected chi connectivity index (χ0v) is 27.0. The molecule has 2 heterocycles. The van der Waals surface area contributed by atoms with E-state index in [2.05, 4.69) is 5.32 Å². The third-order valence-corrected chi connectivity index (χ3v) is 7.72. The Bertz CT molecular complexity index is 1700.